The van der Waals surface area contributed by atoms with Crippen LogP contribution in [0.25, 0.3) is 11.2 Å². The van der Waals surface area contributed by atoms with E-state index in [1.165, 1.54) is 21.9 Å². The van der Waals surface area contributed by atoms with Gasteiger partial charge in [0, 0.05) is 31.3 Å². The van der Waals surface area contributed by atoms with E-state index in [4.69, 9.17) is 0 Å². The van der Waals surface area contributed by atoms with Crippen molar-refractivity contribution in [1.82, 2.24) is 28.6 Å². The number of aryl methyl sites for hydroxylation is 1. The normalized spacial score (nSPS) is 18.2. The number of aromatic nitrogens is 5. The first-order valence-electron chi connectivity index (χ1n) is 12.7. The van der Waals surface area contributed by atoms with Crippen LogP contribution in [-0.4, -0.2) is 48.1 Å². The van der Waals surface area contributed by atoms with Gasteiger partial charge in [0.05, 0.1) is 16.8 Å². The molecule has 0 spiro atoms. The van der Waals surface area contributed by atoms with Crippen LogP contribution in [0, 0.1) is 44.5 Å². The molecular weight excluding hydrogens is 747 g/mol. The number of benzene rings is 1. The predicted molar refractivity (Wildman–Crippen MR) is 139 cm³/mol. The summed E-state index contributed by atoms with van der Waals surface area (Å²) >= 11 is 0. The maximum Gasteiger partial charge on any atom is 2.00 e. The molecule has 2 aliphatic rings. The van der Waals surface area contributed by atoms with Gasteiger partial charge in [-0.2, -0.15) is 19.6 Å². The van der Waals surface area contributed by atoms with Gasteiger partial charge in [-0.25, -0.2) is 4.79 Å². The number of likely N-dealkylation sites (tertiary alicyclic amines) is 1. The van der Waals surface area contributed by atoms with Gasteiger partial charge in [-0.05, 0) is 67.6 Å². The molecule has 1 saturated heterocycles. The Balaban J connectivity index is 0.00000185. The summed E-state index contributed by atoms with van der Waals surface area (Å²) < 4.78 is 46.7. The number of fused-ring (bicyclic) bond motifs is 1. The second kappa shape index (κ2) is 11.6. The number of hydrogen-bond donors (Lipinski definition) is 0. The molecule has 8 nitrogen and oxygen atoms in total. The third-order valence-electron chi connectivity index (χ3n) is 8.04. The van der Waals surface area contributed by atoms with Crippen molar-refractivity contribution >= 4 is 11.9 Å². The molecule has 1 aromatic carbocycles. The van der Waals surface area contributed by atoms with E-state index in [1.54, 1.807) is 18.8 Å². The number of halogens is 3. The van der Waals surface area contributed by atoms with Crippen molar-refractivity contribution in [1.29, 1.82) is 0 Å². The molecule has 2 atom stereocenters. The van der Waals surface area contributed by atoms with Crippen molar-refractivity contribution in [2.24, 2.45) is 13.0 Å². The Kier molecular flexibility index (Phi) is 8.71. The monoisotopic (exact) mass is 776 g/mol. The van der Waals surface area contributed by atoms with Gasteiger partial charge in [0.15, 0.2) is 0 Å². The maximum atomic E-state index is 14.2. The minimum atomic E-state index is -4.66. The smallest absolute Gasteiger partial charge is 0.520 e. The molecule has 12 heteroatoms. The van der Waals surface area contributed by atoms with Crippen LogP contribution in [0.1, 0.15) is 60.0 Å². The first-order valence-corrected chi connectivity index (χ1v) is 12.7. The number of pyridine rings is 1. The minimum Gasteiger partial charge on any atom is -0.520 e. The zero-order valence-electron chi connectivity index (χ0n) is 22.2. The van der Waals surface area contributed by atoms with Gasteiger partial charge in [-0.1, -0.05) is 18.6 Å². The molecule has 1 aliphatic carbocycles. The molecule has 3 aromatic heterocycles. The summed E-state index contributed by atoms with van der Waals surface area (Å²) in [5, 5.41) is 8.38. The quantitative estimate of drug-likeness (QED) is 0.271. The van der Waals surface area contributed by atoms with Crippen LogP contribution in [-0.2, 0) is 18.0 Å². The fourth-order valence-corrected chi connectivity index (χ4v) is 5.81. The fraction of sp³-hybridized carbons (Fsp3) is 0.393. The van der Waals surface area contributed by atoms with Crippen molar-refractivity contribution in [3.8, 4) is 5.69 Å². The first-order chi connectivity index (χ1) is 18.2. The van der Waals surface area contributed by atoms with Crippen molar-refractivity contribution < 1.29 is 49.1 Å². The van der Waals surface area contributed by atoms with E-state index in [2.05, 4.69) is 10.2 Å². The average molecular weight is 777 g/mol. The molecule has 1 amide bonds. The molecule has 6 rings (SSSR count). The van der Waals surface area contributed by atoms with Crippen molar-refractivity contribution in [3.63, 3.8) is 0 Å². The van der Waals surface area contributed by atoms with Gasteiger partial charge in [-0.3, -0.25) is 8.97 Å². The minimum absolute atomic E-state index is 0. The van der Waals surface area contributed by atoms with Gasteiger partial charge in [0.1, 0.15) is 12.2 Å². The van der Waals surface area contributed by atoms with Crippen LogP contribution < -0.4 is 5.69 Å². The average Bonchev–Trinajstić information content (AvgIpc) is 3.59. The first kappa shape index (κ1) is 30.1. The van der Waals surface area contributed by atoms with E-state index < -0.39 is 17.4 Å². The largest absolute Gasteiger partial charge is 2.00 e. The van der Waals surface area contributed by atoms with Gasteiger partial charge in [-0.15, -0.1) is 10.2 Å². The Labute approximate surface area is 253 Å². The number of hydrogen-bond acceptors (Lipinski definition) is 4. The number of imidazole rings is 1. The molecule has 2 fully saturated rings. The van der Waals surface area contributed by atoms with Crippen molar-refractivity contribution in [2.75, 3.05) is 13.1 Å². The summed E-state index contributed by atoms with van der Waals surface area (Å²) in [5.41, 5.74) is 0.140. The van der Waals surface area contributed by atoms with Crippen LogP contribution in [0.2, 0.25) is 0 Å². The van der Waals surface area contributed by atoms with Crippen LogP contribution in [0.3, 0.4) is 0 Å². The number of alkyl halides is 3. The Morgan fingerprint density at radius 3 is 2.50 bits per heavy atom. The SMILES string of the molecule is Cn1cnnc1[C@@H](c1cccc(-n2cc3c(C(F)(F)F)cc([C@H]4CCN([C-]=O)C4)cn3c2=O)c1)C1CCC1.[CH3-].[U+2]. The summed E-state index contributed by atoms with van der Waals surface area (Å²) in [6.07, 6.45) is 5.29. The maximum absolute atomic E-state index is 14.2. The van der Waals surface area contributed by atoms with Crippen molar-refractivity contribution in [2.45, 2.75) is 43.7 Å². The van der Waals surface area contributed by atoms with Gasteiger partial charge < -0.3 is 21.7 Å². The van der Waals surface area contributed by atoms with Crippen LogP contribution >= 0.6 is 0 Å². The Morgan fingerprint density at radius 1 is 1.12 bits per heavy atom. The van der Waals surface area contributed by atoms with Crippen molar-refractivity contribution in [3.05, 3.63) is 89.5 Å². The molecule has 0 N–H and O–H groups in total. The van der Waals surface area contributed by atoms with Crippen LogP contribution in [0.15, 0.2) is 53.8 Å². The van der Waals surface area contributed by atoms with Gasteiger partial charge in [0.2, 0.25) is 0 Å². The topological polar surface area (TPSA) is 77.4 Å². The summed E-state index contributed by atoms with van der Waals surface area (Å²) in [4.78, 5) is 26.0. The fourth-order valence-electron chi connectivity index (χ4n) is 5.81. The van der Waals surface area contributed by atoms with E-state index in [-0.39, 0.29) is 62.4 Å². The number of amides is 1. The van der Waals surface area contributed by atoms with E-state index >= 15 is 0 Å². The molecule has 40 heavy (non-hydrogen) atoms. The summed E-state index contributed by atoms with van der Waals surface area (Å²) in [6, 6.07) is 8.48. The molecule has 4 aromatic rings. The predicted octanol–water partition coefficient (Wildman–Crippen LogP) is 4.48. The second-order valence-corrected chi connectivity index (χ2v) is 10.3. The third kappa shape index (κ3) is 5.28. The zero-order valence-corrected chi connectivity index (χ0v) is 26.4. The van der Waals surface area contributed by atoms with E-state index in [9.17, 15) is 22.8 Å². The molecule has 0 radical (unpaired) electrons. The van der Waals surface area contributed by atoms with E-state index in [1.807, 2.05) is 29.8 Å². The second-order valence-electron chi connectivity index (χ2n) is 10.3. The Bertz CT molecular complexity index is 1570. The molecule has 208 valence electrons. The number of nitrogens with zero attached hydrogens (tertiary/aromatic N) is 6. The third-order valence-corrected chi connectivity index (χ3v) is 8.04. The van der Waals surface area contributed by atoms with Gasteiger partial charge in [0.25, 0.3) is 0 Å². The van der Waals surface area contributed by atoms with Crippen LogP contribution in [0.5, 0.6) is 0 Å². The molecule has 1 aliphatic heterocycles. The van der Waals surface area contributed by atoms with Crippen LogP contribution in [0.4, 0.5) is 13.2 Å². The van der Waals surface area contributed by atoms with E-state index in [0.717, 1.165) is 41.1 Å². The summed E-state index contributed by atoms with van der Waals surface area (Å²) in [5.74, 6) is 0.881. The Hall–Kier alpha value is -2.84. The van der Waals surface area contributed by atoms with E-state index in [0.29, 0.717) is 30.1 Å². The number of carbonyl (C=O) groups excluding carboxylic acids is 1. The molecule has 4 heterocycles. The zero-order chi connectivity index (χ0) is 26.6. The summed E-state index contributed by atoms with van der Waals surface area (Å²) in [7, 11) is 1.89. The molecule has 0 unspecified atom stereocenters. The standard InChI is InChI=1S/C27H26F3N6O2.CH3.U/c1-33-15-31-32-25(33)24(17-4-2-5-17)18-6-3-7-21(10-18)35-14-23-22(27(28,29)30)11-20(13-36(23)26(35)38)19-8-9-34(12-19)16-37;;/h3,6-7,10-11,13-15,17,19,24H,2,4-5,8-9,12H2,1H3;1H3;/q2*-1;+2/t19-,24+;;/m0../s1. The Morgan fingerprint density at radius 2 is 1.90 bits per heavy atom. The molecule has 1 saturated carbocycles. The summed E-state index contributed by atoms with van der Waals surface area (Å²) in [6.45, 7) is 0.693. The molecular formula is C28H29F3N6O2U. The molecule has 0 bridgehead atoms. The number of rotatable bonds is 6. The van der Waals surface area contributed by atoms with Gasteiger partial charge >= 0.3 is 43.0 Å².